The summed E-state index contributed by atoms with van der Waals surface area (Å²) in [7, 11) is 1.85. The first-order chi connectivity index (χ1) is 7.84. The molecule has 1 unspecified atom stereocenters. The Labute approximate surface area is 110 Å². The zero-order chi connectivity index (χ0) is 13.1. The largest absolute Gasteiger partial charge is 0.393 e. The summed E-state index contributed by atoms with van der Waals surface area (Å²) in [6.07, 6.45) is 5.19. The molecule has 0 saturated heterocycles. The fourth-order valence-corrected chi connectivity index (χ4v) is 2.70. The molecule has 3 nitrogen and oxygen atoms in total. The molecule has 0 radical (unpaired) electrons. The Morgan fingerprint density at radius 2 is 2.12 bits per heavy atom. The summed E-state index contributed by atoms with van der Waals surface area (Å²) in [5.74, 6) is 0.415. The van der Waals surface area contributed by atoms with Crippen LogP contribution in [0, 0.1) is 11.3 Å². The number of thiocarbonyl (C=S) groups is 1. The highest BCUT2D eigenvalue weighted by atomic mass is 32.1. The lowest BCUT2D eigenvalue weighted by molar-refractivity contribution is -0.139. The Morgan fingerprint density at radius 3 is 2.65 bits per heavy atom. The second-order valence-electron chi connectivity index (χ2n) is 5.76. The summed E-state index contributed by atoms with van der Waals surface area (Å²) >= 11 is 4.84. The number of rotatable bonds is 4. The summed E-state index contributed by atoms with van der Waals surface area (Å²) < 4.78 is 0. The van der Waals surface area contributed by atoms with Crippen molar-refractivity contribution in [3.8, 4) is 0 Å². The van der Waals surface area contributed by atoms with Gasteiger partial charge in [0.05, 0.1) is 4.99 Å². The summed E-state index contributed by atoms with van der Waals surface area (Å²) in [4.78, 5) is 14.6. The minimum Gasteiger partial charge on any atom is -0.393 e. The van der Waals surface area contributed by atoms with Gasteiger partial charge in [-0.25, -0.2) is 0 Å². The summed E-state index contributed by atoms with van der Waals surface area (Å²) in [6, 6.07) is 0. The van der Waals surface area contributed by atoms with Gasteiger partial charge in [0.15, 0.2) is 0 Å². The molecule has 1 aliphatic carbocycles. The summed E-state index contributed by atoms with van der Waals surface area (Å²) in [5.41, 5.74) is 5.60. The third-order valence-electron chi connectivity index (χ3n) is 3.88. The van der Waals surface area contributed by atoms with Crippen molar-refractivity contribution >= 4 is 23.1 Å². The van der Waals surface area contributed by atoms with Crippen molar-refractivity contribution in [3.05, 3.63) is 0 Å². The Hall–Kier alpha value is -0.640. The molecule has 0 aromatic heterocycles. The Bertz CT molecular complexity index is 302. The first-order valence-corrected chi connectivity index (χ1v) is 6.78. The van der Waals surface area contributed by atoms with Crippen molar-refractivity contribution in [2.75, 3.05) is 13.6 Å². The Kier molecular flexibility index (Phi) is 4.92. The van der Waals surface area contributed by atoms with Crippen LogP contribution >= 0.6 is 12.2 Å². The van der Waals surface area contributed by atoms with Gasteiger partial charge >= 0.3 is 0 Å². The van der Waals surface area contributed by atoms with E-state index >= 15 is 0 Å². The van der Waals surface area contributed by atoms with Crippen LogP contribution in [0.25, 0.3) is 0 Å². The molecule has 1 fully saturated rings. The number of carbonyl (C=O) groups is 1. The third-order valence-corrected chi connectivity index (χ3v) is 4.08. The molecule has 0 heterocycles. The fourth-order valence-electron chi connectivity index (χ4n) is 2.61. The van der Waals surface area contributed by atoms with Gasteiger partial charge in [-0.15, -0.1) is 0 Å². The molecule has 0 aromatic rings. The molecule has 4 heteroatoms. The van der Waals surface area contributed by atoms with E-state index in [0.29, 0.717) is 18.0 Å². The minimum absolute atomic E-state index is 0.132. The third kappa shape index (κ3) is 3.95. The first-order valence-electron chi connectivity index (χ1n) is 6.38. The number of nitrogens with zero attached hydrogens (tertiary/aromatic N) is 1. The van der Waals surface area contributed by atoms with Crippen molar-refractivity contribution < 1.29 is 4.79 Å². The SMILES string of the molecule is CN(CCC(N)=S)C(=O)C1CCCCC1(C)C. The Balaban J connectivity index is 2.58. The topological polar surface area (TPSA) is 46.3 Å². The van der Waals surface area contributed by atoms with Crippen molar-refractivity contribution in [2.24, 2.45) is 17.1 Å². The van der Waals surface area contributed by atoms with E-state index in [1.54, 1.807) is 4.90 Å². The van der Waals surface area contributed by atoms with Crippen molar-refractivity contribution in [1.82, 2.24) is 4.90 Å². The maximum Gasteiger partial charge on any atom is 0.225 e. The summed E-state index contributed by atoms with van der Waals surface area (Å²) in [6.45, 7) is 5.05. The van der Waals surface area contributed by atoms with Crippen LogP contribution in [0.2, 0.25) is 0 Å². The highest BCUT2D eigenvalue weighted by Gasteiger charge is 2.38. The quantitative estimate of drug-likeness (QED) is 0.785. The molecule has 1 rings (SSSR count). The normalized spacial score (nSPS) is 23.1. The average molecular weight is 256 g/mol. The van der Waals surface area contributed by atoms with Gasteiger partial charge in [-0.2, -0.15) is 0 Å². The standard InChI is InChI=1S/C13H24N2OS/c1-13(2)8-5-4-6-10(13)12(16)15(3)9-7-11(14)17/h10H,4-9H2,1-3H3,(H2,14,17). The van der Waals surface area contributed by atoms with E-state index < -0.39 is 0 Å². The van der Waals surface area contributed by atoms with E-state index in [2.05, 4.69) is 13.8 Å². The highest BCUT2D eigenvalue weighted by Crippen LogP contribution is 2.41. The van der Waals surface area contributed by atoms with Crippen molar-refractivity contribution in [2.45, 2.75) is 46.0 Å². The molecule has 1 aliphatic rings. The van der Waals surface area contributed by atoms with E-state index in [4.69, 9.17) is 18.0 Å². The van der Waals surface area contributed by atoms with Gasteiger partial charge in [0.1, 0.15) is 0 Å². The Morgan fingerprint density at radius 1 is 1.47 bits per heavy atom. The van der Waals surface area contributed by atoms with Gasteiger partial charge in [-0.3, -0.25) is 4.79 Å². The molecular formula is C13H24N2OS. The van der Waals surface area contributed by atoms with E-state index in [1.807, 2.05) is 7.05 Å². The van der Waals surface area contributed by atoms with E-state index in [9.17, 15) is 4.79 Å². The molecule has 98 valence electrons. The molecule has 2 N–H and O–H groups in total. The molecular weight excluding hydrogens is 232 g/mol. The second-order valence-corrected chi connectivity index (χ2v) is 6.29. The first kappa shape index (κ1) is 14.4. The van der Waals surface area contributed by atoms with Crippen LogP contribution < -0.4 is 5.73 Å². The van der Waals surface area contributed by atoms with Gasteiger partial charge in [0, 0.05) is 25.9 Å². The maximum absolute atomic E-state index is 12.4. The summed E-state index contributed by atoms with van der Waals surface area (Å²) in [5, 5.41) is 0. The molecule has 0 aliphatic heterocycles. The van der Waals surface area contributed by atoms with Crippen molar-refractivity contribution in [3.63, 3.8) is 0 Å². The van der Waals surface area contributed by atoms with Gasteiger partial charge in [0.2, 0.25) is 5.91 Å². The van der Waals surface area contributed by atoms with Crippen molar-refractivity contribution in [1.29, 1.82) is 0 Å². The zero-order valence-corrected chi connectivity index (χ0v) is 12.0. The molecule has 1 atom stereocenters. The van der Waals surface area contributed by atoms with Gasteiger partial charge < -0.3 is 10.6 Å². The number of nitrogens with two attached hydrogens (primary N) is 1. The fraction of sp³-hybridized carbons (Fsp3) is 0.846. The van der Waals surface area contributed by atoms with Crippen LogP contribution in [0.5, 0.6) is 0 Å². The van der Waals surface area contributed by atoms with Crippen LogP contribution in [-0.2, 0) is 4.79 Å². The average Bonchev–Trinajstić information content (AvgIpc) is 2.24. The number of hydrogen-bond acceptors (Lipinski definition) is 2. The van der Waals surface area contributed by atoms with Crippen LogP contribution in [0.3, 0.4) is 0 Å². The predicted molar refractivity (Wildman–Crippen MR) is 74.8 cm³/mol. The number of hydrogen-bond donors (Lipinski definition) is 1. The van der Waals surface area contributed by atoms with E-state index in [1.165, 1.54) is 12.8 Å². The van der Waals surface area contributed by atoms with Gasteiger partial charge in [0.25, 0.3) is 0 Å². The predicted octanol–water partition coefficient (Wildman–Crippen LogP) is 2.34. The second kappa shape index (κ2) is 5.80. The molecule has 1 amide bonds. The van der Waals surface area contributed by atoms with E-state index in [0.717, 1.165) is 12.8 Å². The van der Waals surface area contributed by atoms with Gasteiger partial charge in [-0.1, -0.05) is 38.9 Å². The lowest BCUT2D eigenvalue weighted by atomic mass is 9.68. The molecule has 0 spiro atoms. The highest BCUT2D eigenvalue weighted by molar-refractivity contribution is 7.80. The zero-order valence-electron chi connectivity index (χ0n) is 11.2. The van der Waals surface area contributed by atoms with E-state index in [-0.39, 0.29) is 17.2 Å². The lowest BCUT2D eigenvalue weighted by Gasteiger charge is -2.39. The molecule has 0 bridgehead atoms. The number of amides is 1. The van der Waals surface area contributed by atoms with Crippen LogP contribution in [-0.4, -0.2) is 29.4 Å². The minimum atomic E-state index is 0.132. The lowest BCUT2D eigenvalue weighted by Crippen LogP contribution is -2.42. The van der Waals surface area contributed by atoms with Crippen LogP contribution in [0.4, 0.5) is 0 Å². The molecule has 0 aromatic carbocycles. The van der Waals surface area contributed by atoms with Crippen LogP contribution in [0.1, 0.15) is 46.0 Å². The van der Waals surface area contributed by atoms with Crippen LogP contribution in [0.15, 0.2) is 0 Å². The van der Waals surface area contributed by atoms with Gasteiger partial charge in [-0.05, 0) is 18.3 Å². The molecule has 17 heavy (non-hydrogen) atoms. The monoisotopic (exact) mass is 256 g/mol. The number of carbonyl (C=O) groups excluding carboxylic acids is 1. The smallest absolute Gasteiger partial charge is 0.225 e. The maximum atomic E-state index is 12.4. The molecule has 1 saturated carbocycles.